The molecule has 0 amide bonds. The van der Waals surface area contributed by atoms with Crippen molar-refractivity contribution in [3.05, 3.63) is 70.4 Å². The zero-order valence-corrected chi connectivity index (χ0v) is 12.4. The third-order valence-electron chi connectivity index (χ3n) is 3.21. The lowest BCUT2D eigenvalue weighted by Crippen LogP contribution is -1.96. The number of hydrogen-bond donors (Lipinski definition) is 0. The molecule has 0 saturated carbocycles. The van der Waals surface area contributed by atoms with Crippen LogP contribution < -0.4 is 0 Å². The highest BCUT2D eigenvalue weighted by atomic mass is 16.6. The maximum atomic E-state index is 10.7. The Hall–Kier alpha value is -2.62. The second kappa shape index (κ2) is 6.22. The number of rotatable bonds is 2. The molecule has 0 N–H and O–H groups in total. The highest BCUT2D eigenvalue weighted by molar-refractivity contribution is 5.83. The molecule has 0 spiro atoms. The fraction of sp³-hybridized carbons (Fsp3) is 0.176. The summed E-state index contributed by atoms with van der Waals surface area (Å²) in [5, 5.41) is 11.8. The summed E-state index contributed by atoms with van der Waals surface area (Å²) >= 11 is 0. The maximum Gasteiger partial charge on any atom is 0.269 e. The predicted molar refractivity (Wildman–Crippen MR) is 86.0 cm³/mol. The van der Waals surface area contributed by atoms with Gasteiger partial charge in [-0.25, -0.2) is 0 Å². The van der Waals surface area contributed by atoms with Gasteiger partial charge in [0.05, 0.1) is 10.4 Å². The molecule has 2 aromatic carbocycles. The molecule has 0 fully saturated rings. The van der Waals surface area contributed by atoms with Gasteiger partial charge in [0.2, 0.25) is 0 Å². The lowest BCUT2D eigenvalue weighted by atomic mass is 10.2. The number of aromatic nitrogens is 1. The molecule has 4 heteroatoms. The lowest BCUT2D eigenvalue weighted by molar-refractivity contribution is -0.384. The molecule has 3 rings (SSSR count). The van der Waals surface area contributed by atoms with Gasteiger partial charge in [-0.3, -0.25) is 10.1 Å². The molecule has 4 nitrogen and oxygen atoms in total. The van der Waals surface area contributed by atoms with E-state index < -0.39 is 0 Å². The third kappa shape index (κ3) is 2.79. The minimum Gasteiger partial charge on any atom is -0.314 e. The Morgan fingerprint density at radius 1 is 1.00 bits per heavy atom. The Kier molecular flexibility index (Phi) is 4.38. The first-order valence-electron chi connectivity index (χ1n) is 6.99. The summed E-state index contributed by atoms with van der Waals surface area (Å²) in [7, 11) is 0. The fourth-order valence-corrected chi connectivity index (χ4v) is 2.36. The van der Waals surface area contributed by atoms with Crippen molar-refractivity contribution >= 4 is 16.6 Å². The van der Waals surface area contributed by atoms with Crippen LogP contribution in [0.5, 0.6) is 0 Å². The predicted octanol–water partition coefficient (Wildman–Crippen LogP) is 4.87. The Balaban J connectivity index is 0.000000774. The Morgan fingerprint density at radius 3 is 2.24 bits per heavy atom. The van der Waals surface area contributed by atoms with Gasteiger partial charge in [-0.1, -0.05) is 32.0 Å². The first kappa shape index (κ1) is 14.8. The molecule has 0 aliphatic carbocycles. The lowest BCUT2D eigenvalue weighted by Gasteiger charge is -2.07. The average molecular weight is 282 g/mol. The maximum absolute atomic E-state index is 10.7. The van der Waals surface area contributed by atoms with Gasteiger partial charge in [0.25, 0.3) is 5.69 Å². The molecular formula is C17H18N2O2. The number of hydrogen-bond acceptors (Lipinski definition) is 2. The molecule has 3 aromatic rings. The van der Waals surface area contributed by atoms with E-state index in [1.54, 1.807) is 12.1 Å². The molecule has 21 heavy (non-hydrogen) atoms. The van der Waals surface area contributed by atoms with E-state index in [2.05, 4.69) is 16.7 Å². The molecular weight excluding hydrogens is 264 g/mol. The quantitative estimate of drug-likeness (QED) is 0.497. The number of nitro groups is 1. The van der Waals surface area contributed by atoms with Gasteiger partial charge in [0, 0.05) is 28.9 Å². The number of benzene rings is 2. The number of non-ortho nitro benzene ring substituents is 1. The summed E-state index contributed by atoms with van der Waals surface area (Å²) in [5.41, 5.74) is 3.26. The average Bonchev–Trinajstić information content (AvgIpc) is 2.85. The molecule has 0 unspecified atom stereocenters. The van der Waals surface area contributed by atoms with E-state index in [0.29, 0.717) is 0 Å². The molecule has 0 radical (unpaired) electrons. The molecule has 108 valence electrons. The van der Waals surface area contributed by atoms with Gasteiger partial charge in [0.15, 0.2) is 0 Å². The van der Waals surface area contributed by atoms with Gasteiger partial charge in [-0.05, 0) is 31.2 Å². The number of fused-ring (bicyclic) bond motifs is 1. The fourth-order valence-electron chi connectivity index (χ4n) is 2.36. The molecule has 1 heterocycles. The van der Waals surface area contributed by atoms with Crippen LogP contribution >= 0.6 is 0 Å². The highest BCUT2D eigenvalue weighted by Gasteiger charge is 2.09. The Morgan fingerprint density at radius 2 is 1.62 bits per heavy atom. The third-order valence-corrected chi connectivity index (χ3v) is 3.21. The summed E-state index contributed by atoms with van der Waals surface area (Å²) in [4.78, 5) is 10.3. The van der Waals surface area contributed by atoms with Crippen LogP contribution in [0.4, 0.5) is 5.69 Å². The van der Waals surface area contributed by atoms with E-state index in [0.717, 1.165) is 16.9 Å². The van der Waals surface area contributed by atoms with Crippen molar-refractivity contribution in [2.75, 3.05) is 0 Å². The largest absolute Gasteiger partial charge is 0.314 e. The van der Waals surface area contributed by atoms with E-state index in [1.807, 2.05) is 39.0 Å². The van der Waals surface area contributed by atoms with Crippen LogP contribution in [0.25, 0.3) is 16.6 Å². The van der Waals surface area contributed by atoms with Crippen molar-refractivity contribution in [1.82, 2.24) is 4.57 Å². The minimum atomic E-state index is -0.385. The Labute approximate surface area is 123 Å². The monoisotopic (exact) mass is 282 g/mol. The van der Waals surface area contributed by atoms with E-state index in [1.165, 1.54) is 17.5 Å². The van der Waals surface area contributed by atoms with Crippen molar-refractivity contribution in [3.63, 3.8) is 0 Å². The van der Waals surface area contributed by atoms with Gasteiger partial charge < -0.3 is 4.57 Å². The van der Waals surface area contributed by atoms with Crippen molar-refractivity contribution in [2.24, 2.45) is 0 Å². The van der Waals surface area contributed by atoms with Crippen LogP contribution in [0.15, 0.2) is 54.6 Å². The first-order chi connectivity index (χ1) is 10.2. The molecule has 1 aromatic heterocycles. The molecule has 0 aliphatic heterocycles. The summed E-state index contributed by atoms with van der Waals surface area (Å²) in [6.45, 7) is 6.03. The summed E-state index contributed by atoms with van der Waals surface area (Å²) in [6.07, 6.45) is 0. The van der Waals surface area contributed by atoms with Crippen LogP contribution in [0.1, 0.15) is 19.5 Å². The second-order valence-corrected chi connectivity index (χ2v) is 4.45. The molecule has 0 saturated heterocycles. The molecule has 0 aliphatic rings. The normalized spacial score (nSPS) is 10.0. The zero-order chi connectivity index (χ0) is 15.4. The topological polar surface area (TPSA) is 48.1 Å². The van der Waals surface area contributed by atoms with Crippen LogP contribution in [0, 0.1) is 17.0 Å². The van der Waals surface area contributed by atoms with E-state index in [9.17, 15) is 10.1 Å². The van der Waals surface area contributed by atoms with Crippen LogP contribution in [-0.4, -0.2) is 9.49 Å². The Bertz CT molecular complexity index is 758. The minimum absolute atomic E-state index is 0.109. The van der Waals surface area contributed by atoms with Gasteiger partial charge in [-0.15, -0.1) is 0 Å². The SMILES string of the molecule is CC.Cc1cc2ccccc2n1-c1ccc([N+](=O)[O-])cc1. The van der Waals surface area contributed by atoms with E-state index >= 15 is 0 Å². The second-order valence-electron chi connectivity index (χ2n) is 4.45. The van der Waals surface area contributed by atoms with Crippen LogP contribution in [0.3, 0.4) is 0 Å². The van der Waals surface area contributed by atoms with E-state index in [4.69, 9.17) is 0 Å². The smallest absolute Gasteiger partial charge is 0.269 e. The summed E-state index contributed by atoms with van der Waals surface area (Å²) in [6, 6.07) is 16.8. The first-order valence-corrected chi connectivity index (χ1v) is 6.99. The van der Waals surface area contributed by atoms with E-state index in [-0.39, 0.29) is 10.6 Å². The zero-order valence-electron chi connectivity index (χ0n) is 12.4. The number of para-hydroxylation sites is 1. The van der Waals surface area contributed by atoms with Crippen LogP contribution in [-0.2, 0) is 0 Å². The van der Waals surface area contributed by atoms with Crippen molar-refractivity contribution in [3.8, 4) is 5.69 Å². The number of aryl methyl sites for hydroxylation is 1. The summed E-state index contributed by atoms with van der Waals surface area (Å²) in [5.74, 6) is 0. The van der Waals surface area contributed by atoms with Crippen molar-refractivity contribution in [2.45, 2.75) is 20.8 Å². The van der Waals surface area contributed by atoms with Crippen molar-refractivity contribution in [1.29, 1.82) is 0 Å². The molecule has 0 bridgehead atoms. The highest BCUT2D eigenvalue weighted by Crippen LogP contribution is 2.25. The van der Waals surface area contributed by atoms with Gasteiger partial charge >= 0.3 is 0 Å². The van der Waals surface area contributed by atoms with Gasteiger partial charge in [-0.2, -0.15) is 0 Å². The number of nitro benzene ring substituents is 1. The van der Waals surface area contributed by atoms with Crippen molar-refractivity contribution < 1.29 is 4.92 Å². The number of nitrogens with zero attached hydrogens (tertiary/aromatic N) is 2. The van der Waals surface area contributed by atoms with Gasteiger partial charge in [0.1, 0.15) is 0 Å². The standard InChI is InChI=1S/C15H12N2O2.C2H6/c1-11-10-12-4-2-3-5-15(12)16(11)13-6-8-14(9-7-13)17(18)19;1-2/h2-10H,1H3;1-2H3. The summed E-state index contributed by atoms with van der Waals surface area (Å²) < 4.78 is 2.10. The van der Waals surface area contributed by atoms with Crippen LogP contribution in [0.2, 0.25) is 0 Å². The molecule has 0 atom stereocenters.